The number of aromatic nitrogens is 1. The Kier molecular flexibility index (Phi) is 4.69. The first-order valence-electron chi connectivity index (χ1n) is 6.87. The Labute approximate surface area is 119 Å². The molecule has 0 aliphatic rings. The average molecular weight is 272 g/mol. The fraction of sp³-hybridized carbons (Fsp3) is 0.375. The van der Waals surface area contributed by atoms with E-state index in [-0.39, 0.29) is 18.4 Å². The first kappa shape index (κ1) is 14.5. The van der Waals surface area contributed by atoms with Crippen LogP contribution < -0.4 is 5.73 Å². The summed E-state index contributed by atoms with van der Waals surface area (Å²) in [5.41, 5.74) is 8.70. The Balaban J connectivity index is 2.34. The molecule has 0 aliphatic carbocycles. The Bertz CT molecular complexity index is 610. The lowest BCUT2D eigenvalue weighted by Gasteiger charge is -2.15. The molecule has 2 rings (SSSR count). The van der Waals surface area contributed by atoms with E-state index >= 15 is 0 Å². The second-order valence-corrected chi connectivity index (χ2v) is 4.83. The van der Waals surface area contributed by atoms with E-state index < -0.39 is 0 Å². The number of hydrogen-bond acceptors (Lipinski definition) is 4. The molecule has 2 N–H and O–H groups in total. The highest BCUT2D eigenvalue weighted by atomic mass is 16.5. The molecule has 1 atom stereocenters. The summed E-state index contributed by atoms with van der Waals surface area (Å²) >= 11 is 0. The van der Waals surface area contributed by atoms with Crippen molar-refractivity contribution in [3.05, 3.63) is 41.6 Å². The summed E-state index contributed by atoms with van der Waals surface area (Å²) < 4.78 is 5.07. The zero-order chi connectivity index (χ0) is 14.5. The molecule has 106 valence electrons. The zero-order valence-electron chi connectivity index (χ0n) is 11.9. The molecule has 0 spiro atoms. The van der Waals surface area contributed by atoms with Crippen molar-refractivity contribution >= 4 is 16.9 Å². The number of benzene rings is 1. The number of carbonyl (C=O) groups excluding carboxylic acids is 1. The molecule has 0 bridgehead atoms. The fourth-order valence-corrected chi connectivity index (χ4v) is 2.35. The molecule has 1 aromatic heterocycles. The smallest absolute Gasteiger partial charge is 0.310 e. The van der Waals surface area contributed by atoms with Gasteiger partial charge in [0.2, 0.25) is 0 Å². The topological polar surface area (TPSA) is 65.2 Å². The van der Waals surface area contributed by atoms with Crippen LogP contribution in [-0.2, 0) is 16.0 Å². The number of pyridine rings is 1. The first-order chi connectivity index (χ1) is 9.65. The van der Waals surface area contributed by atoms with Gasteiger partial charge in [0.15, 0.2) is 0 Å². The minimum absolute atomic E-state index is 0.228. The van der Waals surface area contributed by atoms with Gasteiger partial charge in [-0.25, -0.2) is 0 Å². The third-order valence-electron chi connectivity index (χ3n) is 3.30. The van der Waals surface area contributed by atoms with Crippen molar-refractivity contribution in [2.75, 3.05) is 13.2 Å². The summed E-state index contributed by atoms with van der Waals surface area (Å²) in [5.74, 6) is -0.534. The summed E-state index contributed by atoms with van der Waals surface area (Å²) in [6, 6.07) is 9.96. The minimum Gasteiger partial charge on any atom is -0.466 e. The zero-order valence-corrected chi connectivity index (χ0v) is 11.9. The van der Waals surface area contributed by atoms with Crippen LogP contribution in [0, 0.1) is 12.8 Å². The van der Waals surface area contributed by atoms with Crippen LogP contribution in [-0.4, -0.2) is 24.1 Å². The maximum absolute atomic E-state index is 11.9. The van der Waals surface area contributed by atoms with Crippen LogP contribution >= 0.6 is 0 Å². The van der Waals surface area contributed by atoms with Gasteiger partial charge in [-0.2, -0.15) is 0 Å². The van der Waals surface area contributed by atoms with Gasteiger partial charge in [0, 0.05) is 17.6 Å². The molecule has 0 saturated carbocycles. The second-order valence-electron chi connectivity index (χ2n) is 4.83. The predicted octanol–water partition coefficient (Wildman–Crippen LogP) is 2.22. The number of esters is 1. The van der Waals surface area contributed by atoms with E-state index in [4.69, 9.17) is 10.5 Å². The molecule has 20 heavy (non-hydrogen) atoms. The van der Waals surface area contributed by atoms with Gasteiger partial charge in [-0.05, 0) is 38.0 Å². The maximum Gasteiger partial charge on any atom is 0.310 e. The van der Waals surface area contributed by atoms with E-state index in [9.17, 15) is 4.79 Å². The van der Waals surface area contributed by atoms with Crippen molar-refractivity contribution in [2.45, 2.75) is 20.3 Å². The van der Waals surface area contributed by atoms with Gasteiger partial charge in [-0.1, -0.05) is 18.2 Å². The molecule has 0 aliphatic heterocycles. The fourth-order valence-electron chi connectivity index (χ4n) is 2.35. The highest BCUT2D eigenvalue weighted by Crippen LogP contribution is 2.21. The van der Waals surface area contributed by atoms with Gasteiger partial charge in [-0.15, -0.1) is 0 Å². The van der Waals surface area contributed by atoms with Gasteiger partial charge < -0.3 is 10.5 Å². The molecule has 2 aromatic rings. The molecule has 1 heterocycles. The van der Waals surface area contributed by atoms with Crippen LogP contribution in [0.1, 0.15) is 18.2 Å². The van der Waals surface area contributed by atoms with Gasteiger partial charge in [0.1, 0.15) is 0 Å². The van der Waals surface area contributed by atoms with Crippen molar-refractivity contribution in [3.63, 3.8) is 0 Å². The largest absolute Gasteiger partial charge is 0.466 e. The predicted molar refractivity (Wildman–Crippen MR) is 79.4 cm³/mol. The van der Waals surface area contributed by atoms with E-state index in [2.05, 4.69) is 4.98 Å². The Morgan fingerprint density at radius 3 is 2.85 bits per heavy atom. The van der Waals surface area contributed by atoms with Crippen LogP contribution in [0.15, 0.2) is 30.3 Å². The van der Waals surface area contributed by atoms with Gasteiger partial charge in [-0.3, -0.25) is 9.78 Å². The lowest BCUT2D eigenvalue weighted by molar-refractivity contribution is -0.147. The number of nitrogens with zero attached hydrogens (tertiary/aromatic N) is 1. The molecule has 0 fully saturated rings. The van der Waals surface area contributed by atoms with E-state index in [0.717, 1.165) is 22.2 Å². The van der Waals surface area contributed by atoms with E-state index in [1.165, 1.54) is 0 Å². The van der Waals surface area contributed by atoms with Crippen LogP contribution in [0.3, 0.4) is 0 Å². The number of aryl methyl sites for hydroxylation is 1. The standard InChI is InChI=1S/C16H20N2O2/c1-3-20-16(19)13(10-17)9-12-8-11(2)18-15-7-5-4-6-14(12)15/h4-8,13H,3,9-10,17H2,1-2H3. The quantitative estimate of drug-likeness (QED) is 0.848. The molecule has 0 amide bonds. The SMILES string of the molecule is CCOC(=O)C(CN)Cc1cc(C)nc2ccccc12. The number of ether oxygens (including phenoxy) is 1. The summed E-state index contributed by atoms with van der Waals surface area (Å²) in [6.07, 6.45) is 0.583. The normalized spacial score (nSPS) is 12.3. The van der Waals surface area contributed by atoms with Gasteiger partial charge in [0.05, 0.1) is 18.0 Å². The van der Waals surface area contributed by atoms with Gasteiger partial charge in [0.25, 0.3) is 0 Å². The molecular formula is C16H20N2O2. The van der Waals surface area contributed by atoms with Crippen LogP contribution in [0.2, 0.25) is 0 Å². The molecule has 0 saturated heterocycles. The highest BCUT2D eigenvalue weighted by molar-refractivity contribution is 5.83. The lowest BCUT2D eigenvalue weighted by atomic mass is 9.96. The van der Waals surface area contributed by atoms with Crippen LogP contribution in [0.25, 0.3) is 10.9 Å². The number of carbonyl (C=O) groups is 1. The molecule has 4 heteroatoms. The molecule has 0 radical (unpaired) electrons. The third kappa shape index (κ3) is 3.14. The maximum atomic E-state index is 11.9. The van der Waals surface area contributed by atoms with Crippen LogP contribution in [0.4, 0.5) is 0 Å². The molecule has 1 aromatic carbocycles. The molecular weight excluding hydrogens is 252 g/mol. The lowest BCUT2D eigenvalue weighted by Crippen LogP contribution is -2.27. The number of fused-ring (bicyclic) bond motifs is 1. The van der Waals surface area contributed by atoms with Crippen molar-refractivity contribution in [2.24, 2.45) is 11.7 Å². The van der Waals surface area contributed by atoms with Crippen molar-refractivity contribution < 1.29 is 9.53 Å². The number of hydrogen-bond donors (Lipinski definition) is 1. The number of para-hydroxylation sites is 1. The van der Waals surface area contributed by atoms with Crippen molar-refractivity contribution in [1.29, 1.82) is 0 Å². The summed E-state index contributed by atoms with van der Waals surface area (Å²) in [7, 11) is 0. The third-order valence-corrected chi connectivity index (χ3v) is 3.30. The Morgan fingerprint density at radius 1 is 1.40 bits per heavy atom. The summed E-state index contributed by atoms with van der Waals surface area (Å²) in [5, 5.41) is 1.07. The number of rotatable bonds is 5. The van der Waals surface area contributed by atoms with E-state index in [0.29, 0.717) is 13.0 Å². The van der Waals surface area contributed by atoms with Crippen molar-refractivity contribution in [1.82, 2.24) is 4.98 Å². The number of nitrogens with two attached hydrogens (primary N) is 1. The summed E-state index contributed by atoms with van der Waals surface area (Å²) in [6.45, 7) is 4.43. The molecule has 1 unspecified atom stereocenters. The highest BCUT2D eigenvalue weighted by Gasteiger charge is 2.20. The Hall–Kier alpha value is -1.94. The van der Waals surface area contributed by atoms with Crippen LogP contribution in [0.5, 0.6) is 0 Å². The van der Waals surface area contributed by atoms with Gasteiger partial charge >= 0.3 is 5.97 Å². The van der Waals surface area contributed by atoms with Crippen molar-refractivity contribution in [3.8, 4) is 0 Å². The average Bonchev–Trinajstić information content (AvgIpc) is 2.44. The second kappa shape index (κ2) is 6.48. The minimum atomic E-state index is -0.305. The first-order valence-corrected chi connectivity index (χ1v) is 6.87. The van der Waals surface area contributed by atoms with E-state index in [1.54, 1.807) is 6.92 Å². The van der Waals surface area contributed by atoms with E-state index in [1.807, 2.05) is 37.3 Å². The monoisotopic (exact) mass is 272 g/mol. The molecule has 4 nitrogen and oxygen atoms in total. The summed E-state index contributed by atoms with van der Waals surface area (Å²) in [4.78, 5) is 16.4. The Morgan fingerprint density at radius 2 is 2.15 bits per heavy atom.